The number of hydrogen-bond acceptors (Lipinski definition) is 0. The molecular formula is C50H45N. The van der Waals surface area contributed by atoms with Crippen molar-refractivity contribution >= 4 is 54.1 Å². The average Bonchev–Trinajstić information content (AvgIpc) is 3.54. The molecule has 8 aromatic carbocycles. The fraction of sp³-hybridized carbons (Fsp3) is 0.0800. The highest BCUT2D eigenvalue weighted by Crippen LogP contribution is 2.38. The normalized spacial score (nSPS) is 10.7. The molecule has 9 aromatic rings. The van der Waals surface area contributed by atoms with E-state index in [1.165, 1.54) is 76.5 Å². The molecule has 0 fully saturated rings. The molecule has 0 N–H and O–H groups in total. The number of nitrogens with zero attached hydrogens (tertiary/aromatic N) is 1. The van der Waals surface area contributed by atoms with E-state index in [1.54, 1.807) is 6.08 Å². The Morgan fingerprint density at radius 2 is 1.04 bits per heavy atom. The maximum absolute atomic E-state index is 3.46. The molecule has 0 aliphatic carbocycles. The van der Waals surface area contributed by atoms with Crippen molar-refractivity contribution in [3.05, 3.63) is 200 Å². The molecule has 1 heterocycles. The summed E-state index contributed by atoms with van der Waals surface area (Å²) < 4.78 is 2.41. The molecule has 0 bridgehead atoms. The molecule has 9 rings (SSSR count). The van der Waals surface area contributed by atoms with Crippen LogP contribution in [0.25, 0.3) is 70.9 Å². The Kier molecular flexibility index (Phi) is 11.2. The van der Waals surface area contributed by atoms with Crippen LogP contribution >= 0.6 is 0 Å². The fourth-order valence-corrected chi connectivity index (χ4v) is 6.71. The van der Waals surface area contributed by atoms with Crippen LogP contribution in [0.1, 0.15) is 26.3 Å². The lowest BCUT2D eigenvalue weighted by Gasteiger charge is -2.11. The van der Waals surface area contributed by atoms with Crippen LogP contribution < -0.4 is 0 Å². The number of benzene rings is 8. The molecule has 0 spiro atoms. The number of aromatic nitrogens is 1. The zero-order valence-electron chi connectivity index (χ0n) is 30.1. The van der Waals surface area contributed by atoms with Gasteiger partial charge in [0.2, 0.25) is 0 Å². The molecule has 0 saturated carbocycles. The first-order valence-electron chi connectivity index (χ1n) is 17.8. The first-order valence-corrected chi connectivity index (χ1v) is 17.8. The van der Waals surface area contributed by atoms with E-state index in [1.807, 2.05) is 32.9 Å². The maximum Gasteiger partial charge on any atom is 0.0619 e. The van der Waals surface area contributed by atoms with Gasteiger partial charge in [0.05, 0.1) is 11.0 Å². The average molecular weight is 660 g/mol. The maximum atomic E-state index is 3.46. The second-order valence-electron chi connectivity index (χ2n) is 12.2. The van der Waals surface area contributed by atoms with Crippen molar-refractivity contribution in [1.29, 1.82) is 0 Å². The molecule has 51 heavy (non-hydrogen) atoms. The lowest BCUT2D eigenvalue weighted by Crippen LogP contribution is -1.94. The number of allylic oxidation sites excluding steroid dienone is 3. The van der Waals surface area contributed by atoms with Gasteiger partial charge in [0, 0.05) is 21.8 Å². The van der Waals surface area contributed by atoms with Crippen molar-refractivity contribution in [2.45, 2.75) is 27.7 Å². The standard InChI is InChI=1S/C32H21N.C11H10.C5H8.C2H6/c1-2-10-27(11-3-1)33-31-13-7-6-12-29(31)30-19-17-26-21-25(16-18-28(26)32(30)33)24-15-14-22-8-4-5-9-23(22)20-24;1-9-5-4-7-10-6-2-3-8-11(9)10;1-3-5-4-2;1-2/h1-21H;2-8H,1H3;3-5H,1H2,2H3;1-2H3/b;;5-4-;. The summed E-state index contributed by atoms with van der Waals surface area (Å²) in [7, 11) is 0. The summed E-state index contributed by atoms with van der Waals surface area (Å²) in [6.45, 7) is 11.6. The molecule has 250 valence electrons. The van der Waals surface area contributed by atoms with Crippen LogP contribution in [-0.4, -0.2) is 4.57 Å². The van der Waals surface area contributed by atoms with Crippen molar-refractivity contribution in [2.24, 2.45) is 0 Å². The minimum absolute atomic E-state index is 1.19. The van der Waals surface area contributed by atoms with Crippen LogP contribution in [0, 0.1) is 6.92 Å². The number of para-hydroxylation sites is 2. The van der Waals surface area contributed by atoms with Gasteiger partial charge in [0.25, 0.3) is 0 Å². The smallest absolute Gasteiger partial charge is 0.0619 e. The SMILES string of the molecule is C=C/C=C\C.CC.Cc1cccc2ccccc12.c1ccc(-n2c3ccccc3c3ccc4cc(-c5ccc6ccccc6c5)ccc4c32)cc1. The van der Waals surface area contributed by atoms with E-state index in [0.717, 1.165) is 0 Å². The Morgan fingerprint density at radius 1 is 0.471 bits per heavy atom. The van der Waals surface area contributed by atoms with Gasteiger partial charge in [-0.05, 0) is 87.8 Å². The number of rotatable bonds is 3. The van der Waals surface area contributed by atoms with Crippen molar-refractivity contribution in [3.8, 4) is 16.8 Å². The lowest BCUT2D eigenvalue weighted by atomic mass is 9.97. The van der Waals surface area contributed by atoms with Gasteiger partial charge in [-0.3, -0.25) is 0 Å². The van der Waals surface area contributed by atoms with Gasteiger partial charge in [-0.25, -0.2) is 0 Å². The number of aryl methyl sites for hydroxylation is 1. The highest BCUT2D eigenvalue weighted by Gasteiger charge is 2.15. The second-order valence-corrected chi connectivity index (χ2v) is 12.2. The quantitative estimate of drug-likeness (QED) is 0.166. The van der Waals surface area contributed by atoms with Crippen LogP contribution in [0.5, 0.6) is 0 Å². The summed E-state index contributed by atoms with van der Waals surface area (Å²) in [6.07, 6.45) is 5.58. The highest BCUT2D eigenvalue weighted by molar-refractivity contribution is 6.19. The molecule has 0 aliphatic heterocycles. The van der Waals surface area contributed by atoms with Crippen LogP contribution in [0.3, 0.4) is 0 Å². The molecule has 0 atom stereocenters. The summed E-state index contributed by atoms with van der Waals surface area (Å²) in [5, 5.41) is 10.3. The molecule has 0 radical (unpaired) electrons. The topological polar surface area (TPSA) is 4.93 Å². The van der Waals surface area contributed by atoms with Gasteiger partial charge in [0.1, 0.15) is 0 Å². The third kappa shape index (κ3) is 7.39. The molecule has 0 amide bonds. The molecular weight excluding hydrogens is 615 g/mol. The third-order valence-electron chi connectivity index (χ3n) is 9.08. The second kappa shape index (κ2) is 16.5. The van der Waals surface area contributed by atoms with Crippen LogP contribution in [0.4, 0.5) is 0 Å². The Labute approximate surface area is 302 Å². The van der Waals surface area contributed by atoms with Crippen LogP contribution in [0.2, 0.25) is 0 Å². The molecule has 1 heteroatoms. The Hall–Kier alpha value is -6.18. The number of fused-ring (bicyclic) bond motifs is 7. The highest BCUT2D eigenvalue weighted by atomic mass is 15.0. The van der Waals surface area contributed by atoms with Gasteiger partial charge in [-0.2, -0.15) is 0 Å². The van der Waals surface area contributed by atoms with Crippen LogP contribution in [-0.2, 0) is 0 Å². The van der Waals surface area contributed by atoms with Gasteiger partial charge >= 0.3 is 0 Å². The lowest BCUT2D eigenvalue weighted by molar-refractivity contribution is 1.19. The summed E-state index contributed by atoms with van der Waals surface area (Å²) in [5.74, 6) is 0. The first-order chi connectivity index (χ1) is 25.2. The predicted molar refractivity (Wildman–Crippen MR) is 226 cm³/mol. The number of hydrogen-bond donors (Lipinski definition) is 0. The molecule has 1 aromatic heterocycles. The van der Waals surface area contributed by atoms with E-state index in [9.17, 15) is 0 Å². The molecule has 0 saturated heterocycles. The van der Waals surface area contributed by atoms with Gasteiger partial charge in [0.15, 0.2) is 0 Å². The minimum atomic E-state index is 1.19. The molecule has 0 unspecified atom stereocenters. The van der Waals surface area contributed by atoms with E-state index in [4.69, 9.17) is 0 Å². The van der Waals surface area contributed by atoms with Gasteiger partial charge < -0.3 is 4.57 Å². The van der Waals surface area contributed by atoms with Crippen molar-refractivity contribution < 1.29 is 0 Å². The Bertz CT molecular complexity index is 2580. The zero-order chi connectivity index (χ0) is 35.6. The van der Waals surface area contributed by atoms with Gasteiger partial charge in [-0.1, -0.05) is 178 Å². The van der Waals surface area contributed by atoms with E-state index in [0.29, 0.717) is 0 Å². The molecule has 0 aliphatic rings. The van der Waals surface area contributed by atoms with E-state index >= 15 is 0 Å². The Balaban J connectivity index is 0.000000206. The summed E-state index contributed by atoms with van der Waals surface area (Å²) in [5.41, 5.74) is 7.54. The van der Waals surface area contributed by atoms with E-state index < -0.39 is 0 Å². The van der Waals surface area contributed by atoms with E-state index in [-0.39, 0.29) is 0 Å². The zero-order valence-corrected chi connectivity index (χ0v) is 30.1. The summed E-state index contributed by atoms with van der Waals surface area (Å²) in [4.78, 5) is 0. The third-order valence-corrected chi connectivity index (χ3v) is 9.08. The van der Waals surface area contributed by atoms with Gasteiger partial charge in [-0.15, -0.1) is 0 Å². The van der Waals surface area contributed by atoms with Crippen molar-refractivity contribution in [3.63, 3.8) is 0 Å². The predicted octanol–water partition coefficient (Wildman–Crippen LogP) is 14.7. The van der Waals surface area contributed by atoms with Crippen LogP contribution in [0.15, 0.2) is 195 Å². The van der Waals surface area contributed by atoms with Crippen molar-refractivity contribution in [1.82, 2.24) is 4.57 Å². The minimum Gasteiger partial charge on any atom is -0.309 e. The first kappa shape index (κ1) is 34.7. The fourth-order valence-electron chi connectivity index (χ4n) is 6.71. The largest absolute Gasteiger partial charge is 0.309 e. The van der Waals surface area contributed by atoms with E-state index in [2.05, 4.69) is 188 Å². The summed E-state index contributed by atoms with van der Waals surface area (Å²) >= 11 is 0. The van der Waals surface area contributed by atoms with Crippen molar-refractivity contribution in [2.75, 3.05) is 0 Å². The molecule has 1 nitrogen and oxygen atoms in total. The summed E-state index contributed by atoms with van der Waals surface area (Å²) in [6, 6.07) is 60.9. The monoisotopic (exact) mass is 659 g/mol. The Morgan fingerprint density at radius 3 is 1.75 bits per heavy atom.